The summed E-state index contributed by atoms with van der Waals surface area (Å²) in [7, 11) is 0. The van der Waals surface area contributed by atoms with Gasteiger partial charge in [0.05, 0.1) is 6.42 Å². The van der Waals surface area contributed by atoms with Crippen molar-refractivity contribution >= 4 is 17.7 Å². The van der Waals surface area contributed by atoms with Crippen LogP contribution < -0.4 is 0 Å². The molecule has 0 spiro atoms. The molecule has 5 heteroatoms. The van der Waals surface area contributed by atoms with Crippen LogP contribution in [0, 0.1) is 0 Å². The zero-order valence-electron chi connectivity index (χ0n) is 10.7. The number of hydrogen-bond donors (Lipinski definition) is 0. The molecular formula is C14H16N2O3. The molecule has 0 radical (unpaired) electrons. The minimum Gasteiger partial charge on any atom is -0.312 e. The summed E-state index contributed by atoms with van der Waals surface area (Å²) in [5, 5.41) is 0. The van der Waals surface area contributed by atoms with Gasteiger partial charge in [0.15, 0.2) is 0 Å². The Morgan fingerprint density at radius 2 is 1.58 bits per heavy atom. The third-order valence-electron chi connectivity index (χ3n) is 3.31. The number of imide groups is 1. The van der Waals surface area contributed by atoms with Crippen molar-refractivity contribution < 1.29 is 14.4 Å². The molecule has 0 aliphatic carbocycles. The van der Waals surface area contributed by atoms with Gasteiger partial charge in [-0.3, -0.25) is 19.3 Å². The maximum atomic E-state index is 12.2. The molecule has 5 nitrogen and oxygen atoms in total. The molecule has 2 aliphatic heterocycles. The van der Waals surface area contributed by atoms with Gasteiger partial charge in [-0.1, -0.05) is 12.2 Å². The van der Waals surface area contributed by atoms with Crippen LogP contribution in [0.1, 0.15) is 19.3 Å². The minimum atomic E-state index is -0.302. The number of amides is 3. The van der Waals surface area contributed by atoms with Gasteiger partial charge in [0, 0.05) is 30.8 Å². The maximum Gasteiger partial charge on any atom is 0.258 e. The monoisotopic (exact) mass is 260 g/mol. The van der Waals surface area contributed by atoms with Crippen molar-refractivity contribution in [3.05, 3.63) is 36.6 Å². The molecule has 2 aliphatic rings. The van der Waals surface area contributed by atoms with E-state index in [9.17, 15) is 14.4 Å². The highest BCUT2D eigenvalue weighted by Gasteiger charge is 2.38. The summed E-state index contributed by atoms with van der Waals surface area (Å²) in [4.78, 5) is 38.4. The van der Waals surface area contributed by atoms with E-state index in [2.05, 4.69) is 13.2 Å². The second-order valence-electron chi connectivity index (χ2n) is 4.49. The van der Waals surface area contributed by atoms with Crippen molar-refractivity contribution in [1.29, 1.82) is 0 Å². The summed E-state index contributed by atoms with van der Waals surface area (Å²) in [6.45, 7) is 7.73. The smallest absolute Gasteiger partial charge is 0.258 e. The molecule has 0 unspecified atom stereocenters. The van der Waals surface area contributed by atoms with Gasteiger partial charge in [-0.05, 0) is 6.42 Å². The number of allylic oxidation sites excluding steroid dienone is 1. The zero-order chi connectivity index (χ0) is 14.0. The summed E-state index contributed by atoms with van der Waals surface area (Å²) in [5.41, 5.74) is 1.12. The minimum absolute atomic E-state index is 0.0233. The summed E-state index contributed by atoms with van der Waals surface area (Å²) in [6.07, 6.45) is 4.11. The molecular weight excluding hydrogens is 244 g/mol. The Morgan fingerprint density at radius 1 is 0.947 bits per heavy atom. The first-order chi connectivity index (χ1) is 9.10. The third kappa shape index (κ3) is 2.23. The zero-order valence-corrected chi connectivity index (χ0v) is 10.7. The molecule has 2 saturated heterocycles. The molecule has 0 aromatic heterocycles. The molecule has 0 saturated carbocycles. The fourth-order valence-electron chi connectivity index (χ4n) is 2.44. The number of likely N-dealkylation sites (tertiary alicyclic amines) is 2. The van der Waals surface area contributed by atoms with E-state index < -0.39 is 0 Å². The number of carbonyl (C=O) groups is 3. The van der Waals surface area contributed by atoms with Crippen LogP contribution in [0.5, 0.6) is 0 Å². The predicted octanol–water partition coefficient (Wildman–Crippen LogP) is 0.994. The number of hydrogen-bond acceptors (Lipinski definition) is 3. The van der Waals surface area contributed by atoms with E-state index in [-0.39, 0.29) is 30.7 Å². The van der Waals surface area contributed by atoms with Crippen LogP contribution in [0.3, 0.4) is 0 Å². The Labute approximate surface area is 111 Å². The second-order valence-corrected chi connectivity index (χ2v) is 4.49. The average Bonchev–Trinajstić information content (AvgIpc) is 2.86. The van der Waals surface area contributed by atoms with Crippen LogP contribution in [0.2, 0.25) is 0 Å². The van der Waals surface area contributed by atoms with E-state index in [1.54, 1.807) is 11.0 Å². The van der Waals surface area contributed by atoms with E-state index >= 15 is 0 Å². The van der Waals surface area contributed by atoms with Crippen LogP contribution in [0.25, 0.3) is 0 Å². The first-order valence-electron chi connectivity index (χ1n) is 6.19. The van der Waals surface area contributed by atoms with Gasteiger partial charge < -0.3 is 4.90 Å². The second kappa shape index (κ2) is 5.22. The highest BCUT2D eigenvalue weighted by molar-refractivity contribution is 6.14. The molecule has 2 fully saturated rings. The van der Waals surface area contributed by atoms with Gasteiger partial charge >= 0.3 is 0 Å². The van der Waals surface area contributed by atoms with Crippen molar-refractivity contribution in [2.75, 3.05) is 13.1 Å². The molecule has 0 aromatic rings. The lowest BCUT2D eigenvalue weighted by Crippen LogP contribution is -2.30. The molecule has 0 atom stereocenters. The lowest BCUT2D eigenvalue weighted by molar-refractivity contribution is -0.136. The van der Waals surface area contributed by atoms with Gasteiger partial charge in [-0.25, -0.2) is 0 Å². The first kappa shape index (κ1) is 13.3. The Bertz CT molecular complexity index is 505. The highest BCUT2D eigenvalue weighted by Crippen LogP contribution is 2.31. The first-order valence-corrected chi connectivity index (χ1v) is 6.19. The normalized spacial score (nSPS) is 23.5. The van der Waals surface area contributed by atoms with Crippen molar-refractivity contribution in [2.24, 2.45) is 0 Å². The van der Waals surface area contributed by atoms with Gasteiger partial charge in [0.25, 0.3) is 5.91 Å². The molecule has 0 bridgehead atoms. The van der Waals surface area contributed by atoms with Crippen molar-refractivity contribution in [2.45, 2.75) is 19.3 Å². The van der Waals surface area contributed by atoms with Crippen LogP contribution in [-0.2, 0) is 14.4 Å². The molecule has 19 heavy (non-hydrogen) atoms. The largest absolute Gasteiger partial charge is 0.312 e. The maximum absolute atomic E-state index is 12.2. The Kier molecular flexibility index (Phi) is 3.64. The van der Waals surface area contributed by atoms with Gasteiger partial charge in [0.1, 0.15) is 0 Å². The molecule has 2 rings (SSSR count). The summed E-state index contributed by atoms with van der Waals surface area (Å²) >= 11 is 0. The van der Waals surface area contributed by atoms with Crippen LogP contribution in [0.4, 0.5) is 0 Å². The molecule has 2 heterocycles. The van der Waals surface area contributed by atoms with Crippen LogP contribution in [0.15, 0.2) is 36.6 Å². The highest BCUT2D eigenvalue weighted by atomic mass is 16.2. The third-order valence-corrected chi connectivity index (χ3v) is 3.31. The van der Waals surface area contributed by atoms with E-state index in [1.807, 2.05) is 0 Å². The van der Waals surface area contributed by atoms with Gasteiger partial charge in [-0.2, -0.15) is 0 Å². The van der Waals surface area contributed by atoms with Gasteiger partial charge in [-0.15, -0.1) is 13.2 Å². The lowest BCUT2D eigenvalue weighted by atomic mass is 10.1. The van der Waals surface area contributed by atoms with Crippen LogP contribution in [-0.4, -0.2) is 40.6 Å². The van der Waals surface area contributed by atoms with E-state index in [4.69, 9.17) is 0 Å². The number of carbonyl (C=O) groups excluding carboxylic acids is 3. The SMILES string of the molecule is C=CCN1C(=O)C/C(=C2/CCC(=O)N2CC=C)C1=O. The standard InChI is InChI=1S/C14H16N2O3/c1-3-7-15-11(5-6-12(15)17)10-9-13(18)16(8-4-2)14(10)19/h3-4H,1-2,5-9H2/b11-10+. The van der Waals surface area contributed by atoms with Crippen molar-refractivity contribution in [1.82, 2.24) is 9.80 Å². The van der Waals surface area contributed by atoms with Crippen LogP contribution >= 0.6 is 0 Å². The molecule has 0 aromatic carbocycles. The number of nitrogens with zero attached hydrogens (tertiary/aromatic N) is 2. The summed E-state index contributed by atoms with van der Waals surface area (Å²) in [5.74, 6) is -0.557. The summed E-state index contributed by atoms with van der Waals surface area (Å²) in [6, 6.07) is 0. The van der Waals surface area contributed by atoms with E-state index in [0.29, 0.717) is 30.7 Å². The topological polar surface area (TPSA) is 57.7 Å². The fourth-order valence-corrected chi connectivity index (χ4v) is 2.44. The quantitative estimate of drug-likeness (QED) is 0.430. The Morgan fingerprint density at radius 3 is 2.21 bits per heavy atom. The fraction of sp³-hybridized carbons (Fsp3) is 0.357. The number of rotatable bonds is 4. The van der Waals surface area contributed by atoms with Gasteiger partial charge in [0.2, 0.25) is 11.8 Å². The lowest BCUT2D eigenvalue weighted by Gasteiger charge is -2.17. The average molecular weight is 260 g/mol. The Hall–Kier alpha value is -2.17. The molecule has 3 amide bonds. The van der Waals surface area contributed by atoms with Crippen molar-refractivity contribution in [3.63, 3.8) is 0 Å². The molecule has 100 valence electrons. The Balaban J connectivity index is 2.34. The summed E-state index contributed by atoms with van der Waals surface area (Å²) < 4.78 is 0. The van der Waals surface area contributed by atoms with Crippen molar-refractivity contribution in [3.8, 4) is 0 Å². The molecule has 0 N–H and O–H groups in total. The van der Waals surface area contributed by atoms with E-state index in [1.165, 1.54) is 11.0 Å². The predicted molar refractivity (Wildman–Crippen MR) is 69.7 cm³/mol. The van der Waals surface area contributed by atoms with E-state index in [0.717, 1.165) is 0 Å².